The van der Waals surface area contributed by atoms with Crippen molar-refractivity contribution in [3.63, 3.8) is 0 Å². The highest BCUT2D eigenvalue weighted by Crippen LogP contribution is 2.17. The van der Waals surface area contributed by atoms with Crippen LogP contribution in [-0.2, 0) is 22.7 Å². The van der Waals surface area contributed by atoms with E-state index in [-0.39, 0.29) is 43.7 Å². The van der Waals surface area contributed by atoms with Crippen molar-refractivity contribution in [3.8, 4) is 0 Å². The zero-order valence-corrected chi connectivity index (χ0v) is 16.3. The molecule has 6 nitrogen and oxygen atoms in total. The van der Waals surface area contributed by atoms with Gasteiger partial charge in [0.2, 0.25) is 11.8 Å². The molecule has 0 aromatic heterocycles. The molecule has 0 saturated carbocycles. The summed E-state index contributed by atoms with van der Waals surface area (Å²) in [5.41, 5.74) is 1.45. The van der Waals surface area contributed by atoms with Crippen LogP contribution in [0.4, 0.5) is 4.39 Å². The van der Waals surface area contributed by atoms with E-state index in [1.54, 1.807) is 23.1 Å². The molecule has 0 radical (unpaired) electrons. The molecule has 1 unspecified atom stereocenters. The molecular formula is C22H26FN3O3. The van der Waals surface area contributed by atoms with E-state index in [2.05, 4.69) is 5.32 Å². The van der Waals surface area contributed by atoms with Crippen molar-refractivity contribution in [2.45, 2.75) is 25.6 Å². The van der Waals surface area contributed by atoms with Crippen molar-refractivity contribution in [1.29, 1.82) is 0 Å². The van der Waals surface area contributed by atoms with Crippen LogP contribution in [0.1, 0.15) is 17.5 Å². The van der Waals surface area contributed by atoms with Crippen molar-refractivity contribution >= 4 is 11.8 Å². The van der Waals surface area contributed by atoms with E-state index in [0.717, 1.165) is 5.56 Å². The molecule has 1 aliphatic heterocycles. The third kappa shape index (κ3) is 5.62. The smallest absolute Gasteiger partial charge is 0.237 e. The zero-order valence-electron chi connectivity index (χ0n) is 16.3. The van der Waals surface area contributed by atoms with E-state index < -0.39 is 6.04 Å². The molecule has 3 rings (SSSR count). The number of hydrogen-bond donors (Lipinski definition) is 2. The van der Waals surface area contributed by atoms with Gasteiger partial charge >= 0.3 is 0 Å². The minimum Gasteiger partial charge on any atom is -0.395 e. The molecule has 1 fully saturated rings. The second kappa shape index (κ2) is 10.1. The Kier molecular flexibility index (Phi) is 7.32. The molecule has 2 aromatic carbocycles. The van der Waals surface area contributed by atoms with Gasteiger partial charge in [-0.3, -0.25) is 14.5 Å². The van der Waals surface area contributed by atoms with Gasteiger partial charge in [-0.2, -0.15) is 0 Å². The van der Waals surface area contributed by atoms with Gasteiger partial charge in [-0.1, -0.05) is 48.5 Å². The normalized spacial score (nSPS) is 17.0. The Hall–Kier alpha value is -2.77. The summed E-state index contributed by atoms with van der Waals surface area (Å²) in [7, 11) is 0. The average Bonchev–Trinajstić information content (AvgIpc) is 2.72. The maximum Gasteiger partial charge on any atom is 0.237 e. The number of nitrogens with zero attached hydrogens (tertiary/aromatic N) is 2. The van der Waals surface area contributed by atoms with Crippen molar-refractivity contribution in [1.82, 2.24) is 15.1 Å². The number of hydrogen-bond acceptors (Lipinski definition) is 4. The molecule has 1 saturated heterocycles. The van der Waals surface area contributed by atoms with Gasteiger partial charge < -0.3 is 15.3 Å². The number of rotatable bonds is 8. The SMILES string of the molecule is O=C1NCCN(Cc2ccccc2F)C1CC(=O)N(CCO)Cc1ccccc1. The number of nitrogens with one attached hydrogen (secondary N) is 1. The zero-order chi connectivity index (χ0) is 20.6. The molecule has 0 spiro atoms. The van der Waals surface area contributed by atoms with E-state index in [0.29, 0.717) is 25.2 Å². The fourth-order valence-corrected chi connectivity index (χ4v) is 3.53. The lowest BCUT2D eigenvalue weighted by atomic mass is 10.1. The topological polar surface area (TPSA) is 72.9 Å². The van der Waals surface area contributed by atoms with E-state index in [1.807, 2.05) is 35.2 Å². The first-order valence-electron chi connectivity index (χ1n) is 9.76. The third-order valence-electron chi connectivity index (χ3n) is 5.08. The Morgan fingerprint density at radius 3 is 2.62 bits per heavy atom. The summed E-state index contributed by atoms with van der Waals surface area (Å²) >= 11 is 0. The number of benzene rings is 2. The maximum absolute atomic E-state index is 14.1. The first-order valence-corrected chi connectivity index (χ1v) is 9.76. The van der Waals surface area contributed by atoms with Crippen LogP contribution in [0.2, 0.25) is 0 Å². The van der Waals surface area contributed by atoms with Gasteiger partial charge in [0.25, 0.3) is 0 Å². The number of halogens is 1. The van der Waals surface area contributed by atoms with E-state index in [4.69, 9.17) is 0 Å². The number of aliphatic hydroxyl groups excluding tert-OH is 1. The summed E-state index contributed by atoms with van der Waals surface area (Å²) in [4.78, 5) is 28.8. The molecule has 0 aliphatic carbocycles. The molecule has 1 aliphatic rings. The standard InChI is InChI=1S/C22H26FN3O3/c23-19-9-5-4-8-18(19)16-25-11-10-24-22(29)20(25)14-21(28)26(12-13-27)15-17-6-2-1-3-7-17/h1-9,20,27H,10-16H2,(H,24,29). The van der Waals surface area contributed by atoms with Crippen LogP contribution in [0.5, 0.6) is 0 Å². The summed E-state index contributed by atoms with van der Waals surface area (Å²) in [5, 5.41) is 12.2. The third-order valence-corrected chi connectivity index (χ3v) is 5.08. The molecule has 1 atom stereocenters. The van der Waals surface area contributed by atoms with Gasteiger partial charge in [0.1, 0.15) is 5.82 Å². The van der Waals surface area contributed by atoms with Gasteiger partial charge in [0, 0.05) is 38.3 Å². The van der Waals surface area contributed by atoms with Gasteiger partial charge in [-0.05, 0) is 11.6 Å². The van der Waals surface area contributed by atoms with Crippen molar-refractivity contribution in [2.24, 2.45) is 0 Å². The molecule has 2 N–H and O–H groups in total. The van der Waals surface area contributed by atoms with Crippen LogP contribution >= 0.6 is 0 Å². The first kappa shape index (κ1) is 21.0. The number of piperazine rings is 1. The lowest BCUT2D eigenvalue weighted by Gasteiger charge is -2.36. The van der Waals surface area contributed by atoms with E-state index in [9.17, 15) is 19.1 Å². The largest absolute Gasteiger partial charge is 0.395 e. The van der Waals surface area contributed by atoms with Crippen LogP contribution in [0, 0.1) is 5.82 Å². The average molecular weight is 399 g/mol. The van der Waals surface area contributed by atoms with Gasteiger partial charge in [0.05, 0.1) is 19.1 Å². The highest BCUT2D eigenvalue weighted by Gasteiger charge is 2.33. The van der Waals surface area contributed by atoms with Gasteiger partial charge in [-0.15, -0.1) is 0 Å². The van der Waals surface area contributed by atoms with Gasteiger partial charge in [-0.25, -0.2) is 4.39 Å². The first-order chi connectivity index (χ1) is 14.1. The second-order valence-electron chi connectivity index (χ2n) is 7.10. The summed E-state index contributed by atoms with van der Waals surface area (Å²) in [5.74, 6) is -0.775. The van der Waals surface area contributed by atoms with E-state index in [1.165, 1.54) is 6.07 Å². The van der Waals surface area contributed by atoms with Crippen LogP contribution in [0.3, 0.4) is 0 Å². The van der Waals surface area contributed by atoms with Gasteiger partial charge in [0.15, 0.2) is 0 Å². The van der Waals surface area contributed by atoms with Crippen molar-refractivity contribution in [2.75, 3.05) is 26.2 Å². The lowest BCUT2D eigenvalue weighted by molar-refractivity contribution is -0.139. The lowest BCUT2D eigenvalue weighted by Crippen LogP contribution is -2.56. The quantitative estimate of drug-likeness (QED) is 0.706. The van der Waals surface area contributed by atoms with Crippen molar-refractivity contribution < 1.29 is 19.1 Å². The van der Waals surface area contributed by atoms with Crippen LogP contribution in [0.15, 0.2) is 54.6 Å². The van der Waals surface area contributed by atoms with Crippen LogP contribution in [-0.4, -0.2) is 59.0 Å². The predicted molar refractivity (Wildman–Crippen MR) is 107 cm³/mol. The molecule has 154 valence electrons. The summed E-state index contributed by atoms with van der Waals surface area (Å²) in [6.07, 6.45) is -0.0207. The van der Waals surface area contributed by atoms with E-state index >= 15 is 0 Å². The number of carbonyl (C=O) groups excluding carboxylic acids is 2. The molecule has 2 amide bonds. The molecule has 29 heavy (non-hydrogen) atoms. The minimum atomic E-state index is -0.673. The Morgan fingerprint density at radius 2 is 1.90 bits per heavy atom. The Morgan fingerprint density at radius 1 is 1.17 bits per heavy atom. The molecular weight excluding hydrogens is 373 g/mol. The summed E-state index contributed by atoms with van der Waals surface area (Å²) in [6, 6.07) is 15.3. The molecule has 1 heterocycles. The number of aliphatic hydroxyl groups is 1. The fraction of sp³-hybridized carbons (Fsp3) is 0.364. The van der Waals surface area contributed by atoms with Crippen molar-refractivity contribution in [3.05, 3.63) is 71.5 Å². The Bertz CT molecular complexity index is 831. The molecule has 2 aromatic rings. The highest BCUT2D eigenvalue weighted by atomic mass is 19.1. The van der Waals surface area contributed by atoms with Crippen LogP contribution in [0.25, 0.3) is 0 Å². The second-order valence-corrected chi connectivity index (χ2v) is 7.10. The molecule has 0 bridgehead atoms. The highest BCUT2D eigenvalue weighted by molar-refractivity contribution is 5.88. The summed E-state index contributed by atoms with van der Waals surface area (Å²) < 4.78 is 14.1. The number of carbonyl (C=O) groups is 2. The predicted octanol–water partition coefficient (Wildman–Crippen LogP) is 1.54. The monoisotopic (exact) mass is 399 g/mol. The van der Waals surface area contributed by atoms with Crippen LogP contribution < -0.4 is 5.32 Å². The molecule has 7 heteroatoms. The minimum absolute atomic E-state index is 0.0207. The Balaban J connectivity index is 1.71. The number of amides is 2. The maximum atomic E-state index is 14.1. The fourth-order valence-electron chi connectivity index (χ4n) is 3.53. The summed E-state index contributed by atoms with van der Waals surface area (Å²) in [6.45, 7) is 1.65. The Labute approximate surface area is 169 Å².